The molecule has 0 aromatic carbocycles. The van der Waals surface area contributed by atoms with Gasteiger partial charge in [-0.2, -0.15) is 18.6 Å². The zero-order valence-corrected chi connectivity index (χ0v) is 20.4. The van der Waals surface area contributed by atoms with Gasteiger partial charge in [-0.1, -0.05) is 0 Å². The molecule has 22 heteroatoms. The quantitative estimate of drug-likeness (QED) is 0.191. The van der Waals surface area contributed by atoms with Gasteiger partial charge < -0.3 is 44.4 Å². The number of aliphatic hydroxyl groups is 2. The fourth-order valence-electron chi connectivity index (χ4n) is 3.60. The van der Waals surface area contributed by atoms with Crippen LogP contribution in [0.2, 0.25) is 0 Å². The predicted molar refractivity (Wildman–Crippen MR) is 116 cm³/mol. The number of rotatable bonds is 8. The van der Waals surface area contributed by atoms with Gasteiger partial charge >= 0.3 is 29.2 Å². The molecule has 1 fully saturated rings. The van der Waals surface area contributed by atoms with Crippen LogP contribution in [0.3, 0.4) is 0 Å². The van der Waals surface area contributed by atoms with Crippen molar-refractivity contribution in [3.05, 3.63) is 22.9 Å². The Hall–Kier alpha value is -1.95. The first-order valence-corrected chi connectivity index (χ1v) is 14.1. The lowest BCUT2D eigenvalue weighted by molar-refractivity contribution is -0.0954. The summed E-state index contributed by atoms with van der Waals surface area (Å²) in [6, 6.07) is 0. The SMILES string of the molecule is C[C@@]1(O)[C@H](O)[C@@H](COP(=O)(O)OP(=O)(O)OP(=O)(O)O)O[C@H]1n1cc2cnc(=O)nc3c2c1N=CN3. The Balaban J connectivity index is 1.57. The molecule has 4 rings (SSSR count). The van der Waals surface area contributed by atoms with Crippen LogP contribution in [0.1, 0.15) is 13.2 Å². The summed E-state index contributed by atoms with van der Waals surface area (Å²) in [5.74, 6) is 0.285. The van der Waals surface area contributed by atoms with E-state index in [4.69, 9.17) is 14.5 Å². The van der Waals surface area contributed by atoms with E-state index in [-0.39, 0.29) is 11.6 Å². The third kappa shape index (κ3) is 5.49. The van der Waals surface area contributed by atoms with Crippen molar-refractivity contribution in [2.45, 2.75) is 31.0 Å². The number of hydrogen-bond donors (Lipinski definition) is 7. The van der Waals surface area contributed by atoms with Gasteiger partial charge in [-0.25, -0.2) is 23.5 Å². The summed E-state index contributed by atoms with van der Waals surface area (Å²) in [5, 5.41) is 25.0. The van der Waals surface area contributed by atoms with Gasteiger partial charge in [-0.3, -0.25) is 4.52 Å². The van der Waals surface area contributed by atoms with Crippen LogP contribution < -0.4 is 11.0 Å². The molecule has 2 aliphatic rings. The van der Waals surface area contributed by atoms with Gasteiger partial charge in [-0.15, -0.1) is 0 Å². The lowest BCUT2D eigenvalue weighted by Gasteiger charge is -2.28. The Morgan fingerprint density at radius 3 is 2.56 bits per heavy atom. The zero-order valence-electron chi connectivity index (χ0n) is 17.8. The molecule has 0 amide bonds. The number of phosphoric ester groups is 1. The number of aromatic nitrogens is 3. The minimum atomic E-state index is -5.75. The van der Waals surface area contributed by atoms with Crippen LogP contribution in [0.15, 0.2) is 22.2 Å². The highest BCUT2D eigenvalue weighted by atomic mass is 31.3. The van der Waals surface area contributed by atoms with Crippen molar-refractivity contribution in [3.8, 4) is 0 Å². The van der Waals surface area contributed by atoms with E-state index < -0.39 is 59.8 Å². The van der Waals surface area contributed by atoms with Crippen molar-refractivity contribution in [2.24, 2.45) is 4.99 Å². The largest absolute Gasteiger partial charge is 0.490 e. The maximum Gasteiger partial charge on any atom is 0.490 e. The molecule has 7 N–H and O–H groups in total. The molecule has 0 aliphatic carbocycles. The summed E-state index contributed by atoms with van der Waals surface area (Å²) in [6.07, 6.45) is -0.846. The molecular formula is C14H18N5O14P3. The average molecular weight is 573 g/mol. The number of aliphatic hydroxyl groups excluding tert-OH is 1. The second kappa shape index (κ2) is 9.11. The first kappa shape index (κ1) is 27.1. The van der Waals surface area contributed by atoms with Crippen molar-refractivity contribution in [1.82, 2.24) is 14.5 Å². The van der Waals surface area contributed by atoms with E-state index in [9.17, 15) is 38.5 Å². The molecule has 1 saturated heterocycles. The van der Waals surface area contributed by atoms with Crippen LogP contribution >= 0.6 is 23.5 Å². The smallest absolute Gasteiger partial charge is 0.387 e. The van der Waals surface area contributed by atoms with Crippen molar-refractivity contribution in [3.63, 3.8) is 0 Å². The van der Waals surface area contributed by atoms with Gasteiger partial charge in [0.1, 0.15) is 29.4 Å². The van der Waals surface area contributed by atoms with E-state index >= 15 is 0 Å². The molecule has 2 aromatic rings. The van der Waals surface area contributed by atoms with E-state index in [1.54, 1.807) is 0 Å². The zero-order chi connectivity index (χ0) is 26.7. The number of anilines is 1. The second-order valence-corrected chi connectivity index (χ2v) is 12.1. The number of aliphatic imine (C=N–C) groups is 1. The molecule has 0 bridgehead atoms. The lowest BCUT2D eigenvalue weighted by atomic mass is 9.96. The molecule has 6 atom stereocenters. The van der Waals surface area contributed by atoms with Crippen molar-refractivity contribution in [2.75, 3.05) is 11.9 Å². The molecule has 198 valence electrons. The van der Waals surface area contributed by atoms with Crippen molar-refractivity contribution < 1.29 is 61.4 Å². The number of phosphoric acid groups is 3. The fraction of sp³-hybridized carbons (Fsp3) is 0.429. The Labute approximate surface area is 199 Å². The third-order valence-electron chi connectivity index (χ3n) is 5.01. The normalized spacial score (nSPS) is 29.0. The van der Waals surface area contributed by atoms with Crippen molar-refractivity contribution in [1.29, 1.82) is 0 Å². The summed E-state index contributed by atoms with van der Waals surface area (Å²) < 4.78 is 52.8. The molecule has 19 nitrogen and oxygen atoms in total. The Morgan fingerprint density at radius 2 is 1.89 bits per heavy atom. The summed E-state index contributed by atoms with van der Waals surface area (Å²) >= 11 is 0. The van der Waals surface area contributed by atoms with E-state index in [0.29, 0.717) is 10.8 Å². The first-order chi connectivity index (χ1) is 16.5. The standard InChI is InChI=1S/C14H18N5O14P3/c1-14(22)9(20)7(4-30-35(26,27)33-36(28,29)32-34(23,24)25)31-12(14)19-3-6-2-15-13(21)18-10-8(6)11(19)17-5-16-10/h2-3,5,7,9,12,20,22H,4H2,1H3,(H,26,27)(H,28,29)(H2,23,24,25)(H,16,17,18,21)/t7-,9-,12-,14-/m1/s1. The van der Waals surface area contributed by atoms with E-state index in [2.05, 4.69) is 33.4 Å². The average Bonchev–Trinajstić information content (AvgIpc) is 3.11. The molecule has 36 heavy (non-hydrogen) atoms. The van der Waals surface area contributed by atoms with E-state index in [0.717, 1.165) is 0 Å². The molecule has 2 aliphatic heterocycles. The van der Waals surface area contributed by atoms with Crippen molar-refractivity contribution >= 4 is 52.2 Å². The Kier molecular flexibility index (Phi) is 6.86. The minimum Gasteiger partial charge on any atom is -0.387 e. The Bertz CT molecular complexity index is 1440. The highest BCUT2D eigenvalue weighted by molar-refractivity contribution is 7.66. The number of hydrogen-bond acceptors (Lipinski definition) is 14. The van der Waals surface area contributed by atoms with E-state index in [1.807, 2.05) is 0 Å². The summed E-state index contributed by atoms with van der Waals surface area (Å²) in [4.78, 5) is 59.3. The molecule has 0 radical (unpaired) electrons. The lowest BCUT2D eigenvalue weighted by Crippen LogP contribution is -2.44. The van der Waals surface area contributed by atoms with Gasteiger partial charge in [0.05, 0.1) is 18.3 Å². The monoisotopic (exact) mass is 573 g/mol. The Morgan fingerprint density at radius 1 is 1.19 bits per heavy atom. The molecule has 0 spiro atoms. The molecule has 0 saturated carbocycles. The molecule has 2 unspecified atom stereocenters. The van der Waals surface area contributed by atoms with Crippen LogP contribution in [0.4, 0.5) is 11.6 Å². The maximum absolute atomic E-state index is 12.0. The van der Waals surface area contributed by atoms with Gasteiger partial charge in [0.2, 0.25) is 0 Å². The highest BCUT2D eigenvalue weighted by Gasteiger charge is 2.54. The van der Waals surface area contributed by atoms with Crippen LogP contribution in [0.5, 0.6) is 0 Å². The fourth-order valence-corrected chi connectivity index (χ4v) is 6.63. The molecule has 4 heterocycles. The number of ether oxygens (including phenoxy) is 1. The highest BCUT2D eigenvalue weighted by Crippen LogP contribution is 2.66. The first-order valence-electron chi connectivity index (χ1n) is 9.54. The second-order valence-electron chi connectivity index (χ2n) is 7.68. The summed E-state index contributed by atoms with van der Waals surface area (Å²) in [7, 11) is -16.8. The molecular weight excluding hydrogens is 555 g/mol. The van der Waals surface area contributed by atoms with Gasteiger partial charge in [0, 0.05) is 17.8 Å². The summed E-state index contributed by atoms with van der Waals surface area (Å²) in [5.41, 5.74) is -2.84. The third-order valence-corrected chi connectivity index (χ3v) is 8.81. The van der Waals surface area contributed by atoms with Gasteiger partial charge in [0.15, 0.2) is 6.23 Å². The molecule has 2 aromatic heterocycles. The van der Waals surface area contributed by atoms with Crippen LogP contribution in [-0.4, -0.2) is 75.1 Å². The maximum atomic E-state index is 12.0. The van der Waals surface area contributed by atoms with Crippen LogP contribution in [0.25, 0.3) is 10.8 Å². The van der Waals surface area contributed by atoms with Crippen LogP contribution in [-0.2, 0) is 31.6 Å². The van der Waals surface area contributed by atoms with Gasteiger partial charge in [-0.05, 0) is 6.92 Å². The number of nitrogens with zero attached hydrogens (tertiary/aromatic N) is 4. The predicted octanol–water partition coefficient (Wildman–Crippen LogP) is -0.771. The summed E-state index contributed by atoms with van der Waals surface area (Å²) in [6.45, 7) is 0.184. The number of nitrogens with one attached hydrogen (secondary N) is 1. The van der Waals surface area contributed by atoms with E-state index in [1.165, 1.54) is 30.2 Å². The van der Waals surface area contributed by atoms with Gasteiger partial charge in [0.25, 0.3) is 0 Å². The topological polar surface area (TPSA) is 282 Å². The minimum absolute atomic E-state index is 0.124. The van der Waals surface area contributed by atoms with Crippen LogP contribution in [0, 0.1) is 0 Å².